The number of amides is 2. The minimum absolute atomic E-state index is 0.159. The number of hydrogen-bond donors (Lipinski definition) is 2. The average Bonchev–Trinajstić information content (AvgIpc) is 2.36. The second kappa shape index (κ2) is 6.79. The molecule has 0 saturated heterocycles. The lowest BCUT2D eigenvalue weighted by molar-refractivity contribution is -0.122. The number of hydrogen-bond acceptors (Lipinski definition) is 2. The fraction of sp³-hybridized carbons (Fsp3) is 0.429. The Morgan fingerprint density at radius 1 is 1.11 bits per heavy atom. The number of benzene rings is 1. The summed E-state index contributed by atoms with van der Waals surface area (Å²) in [5.74, 6) is 0.00162. The Labute approximate surface area is 108 Å². The van der Waals surface area contributed by atoms with Crippen molar-refractivity contribution >= 4 is 11.8 Å². The molecule has 2 N–H and O–H groups in total. The fourth-order valence-corrected chi connectivity index (χ4v) is 1.39. The van der Waals surface area contributed by atoms with Gasteiger partial charge in [0.2, 0.25) is 5.91 Å². The molecule has 0 heterocycles. The van der Waals surface area contributed by atoms with Crippen molar-refractivity contribution < 1.29 is 9.59 Å². The van der Waals surface area contributed by atoms with Gasteiger partial charge in [-0.2, -0.15) is 0 Å². The maximum atomic E-state index is 11.8. The first-order valence-electron chi connectivity index (χ1n) is 6.14. The number of carbonyl (C=O) groups is 2. The van der Waals surface area contributed by atoms with Crippen LogP contribution in [0.5, 0.6) is 0 Å². The third-order valence-electron chi connectivity index (χ3n) is 2.46. The van der Waals surface area contributed by atoms with Crippen molar-refractivity contribution in [1.82, 2.24) is 10.6 Å². The monoisotopic (exact) mass is 248 g/mol. The summed E-state index contributed by atoms with van der Waals surface area (Å²) in [5, 5.41) is 5.45. The van der Waals surface area contributed by atoms with Gasteiger partial charge in [-0.05, 0) is 25.0 Å². The molecule has 0 aliphatic carbocycles. The maximum Gasteiger partial charge on any atom is 0.251 e. The van der Waals surface area contributed by atoms with Gasteiger partial charge < -0.3 is 10.6 Å². The van der Waals surface area contributed by atoms with Crippen LogP contribution in [0.3, 0.4) is 0 Å². The molecule has 0 unspecified atom stereocenters. The molecule has 0 saturated carbocycles. The SMILES string of the molecule is CC(C)CNC(=O)[C@H](C)NC(=O)c1ccccc1. The highest BCUT2D eigenvalue weighted by atomic mass is 16.2. The lowest BCUT2D eigenvalue weighted by Gasteiger charge is -2.15. The standard InChI is InChI=1S/C14H20N2O2/c1-10(2)9-15-13(17)11(3)16-14(18)12-7-5-4-6-8-12/h4-8,10-11H,9H2,1-3H3,(H,15,17)(H,16,18)/t11-/m0/s1. The van der Waals surface area contributed by atoms with Crippen LogP contribution in [-0.4, -0.2) is 24.4 Å². The molecular formula is C14H20N2O2. The summed E-state index contributed by atoms with van der Waals surface area (Å²) in [5.41, 5.74) is 0.556. The Hall–Kier alpha value is -1.84. The van der Waals surface area contributed by atoms with E-state index in [4.69, 9.17) is 0 Å². The predicted molar refractivity (Wildman–Crippen MR) is 71.2 cm³/mol. The minimum Gasteiger partial charge on any atom is -0.354 e. The summed E-state index contributed by atoms with van der Waals surface area (Å²) in [6.07, 6.45) is 0. The van der Waals surface area contributed by atoms with E-state index in [1.807, 2.05) is 19.9 Å². The summed E-state index contributed by atoms with van der Waals surface area (Å²) in [4.78, 5) is 23.5. The number of nitrogens with one attached hydrogen (secondary N) is 2. The first-order chi connectivity index (χ1) is 8.50. The van der Waals surface area contributed by atoms with Crippen LogP contribution in [0.4, 0.5) is 0 Å². The van der Waals surface area contributed by atoms with Gasteiger partial charge in [0, 0.05) is 12.1 Å². The van der Waals surface area contributed by atoms with Crippen LogP contribution in [0.25, 0.3) is 0 Å². The van der Waals surface area contributed by atoms with Gasteiger partial charge >= 0.3 is 0 Å². The molecule has 18 heavy (non-hydrogen) atoms. The van der Waals surface area contributed by atoms with Gasteiger partial charge in [-0.25, -0.2) is 0 Å². The molecule has 1 rings (SSSR count). The van der Waals surface area contributed by atoms with Crippen LogP contribution < -0.4 is 10.6 Å². The first-order valence-corrected chi connectivity index (χ1v) is 6.14. The highest BCUT2D eigenvalue weighted by Crippen LogP contribution is 1.99. The normalized spacial score (nSPS) is 12.0. The molecule has 98 valence electrons. The van der Waals surface area contributed by atoms with Crippen LogP contribution in [0.2, 0.25) is 0 Å². The molecule has 0 aromatic heterocycles. The van der Waals surface area contributed by atoms with E-state index in [0.29, 0.717) is 18.0 Å². The first kappa shape index (κ1) is 14.2. The molecule has 1 aromatic rings. The molecule has 0 aliphatic heterocycles. The van der Waals surface area contributed by atoms with E-state index in [9.17, 15) is 9.59 Å². The molecule has 0 radical (unpaired) electrons. The molecule has 4 heteroatoms. The quantitative estimate of drug-likeness (QED) is 0.831. The number of rotatable bonds is 5. The summed E-state index contributed by atoms with van der Waals surface area (Å²) in [7, 11) is 0. The van der Waals surface area contributed by atoms with Gasteiger partial charge in [0.05, 0.1) is 0 Å². The van der Waals surface area contributed by atoms with Crippen molar-refractivity contribution in [2.24, 2.45) is 5.92 Å². The van der Waals surface area contributed by atoms with Crippen molar-refractivity contribution in [2.45, 2.75) is 26.8 Å². The van der Waals surface area contributed by atoms with Crippen LogP contribution in [0.1, 0.15) is 31.1 Å². The molecule has 0 fully saturated rings. The molecule has 2 amide bonds. The zero-order chi connectivity index (χ0) is 13.5. The number of carbonyl (C=O) groups excluding carboxylic acids is 2. The highest BCUT2D eigenvalue weighted by Gasteiger charge is 2.16. The van der Waals surface area contributed by atoms with E-state index in [2.05, 4.69) is 10.6 Å². The van der Waals surface area contributed by atoms with Crippen molar-refractivity contribution in [3.63, 3.8) is 0 Å². The van der Waals surface area contributed by atoms with Gasteiger partial charge in [0.1, 0.15) is 6.04 Å². The van der Waals surface area contributed by atoms with E-state index in [-0.39, 0.29) is 11.8 Å². The maximum absolute atomic E-state index is 11.8. The van der Waals surface area contributed by atoms with Crippen LogP contribution in [-0.2, 0) is 4.79 Å². The van der Waals surface area contributed by atoms with Crippen molar-refractivity contribution in [3.05, 3.63) is 35.9 Å². The third kappa shape index (κ3) is 4.57. The molecule has 1 aromatic carbocycles. The van der Waals surface area contributed by atoms with Gasteiger partial charge in [0.25, 0.3) is 5.91 Å². The third-order valence-corrected chi connectivity index (χ3v) is 2.46. The Kier molecular flexibility index (Phi) is 5.36. The van der Waals surface area contributed by atoms with Crippen LogP contribution in [0.15, 0.2) is 30.3 Å². The molecular weight excluding hydrogens is 228 g/mol. The lowest BCUT2D eigenvalue weighted by Crippen LogP contribution is -2.45. The van der Waals surface area contributed by atoms with E-state index < -0.39 is 6.04 Å². The zero-order valence-electron chi connectivity index (χ0n) is 11.1. The molecule has 1 atom stereocenters. The Balaban J connectivity index is 2.47. The molecule has 0 spiro atoms. The largest absolute Gasteiger partial charge is 0.354 e. The second-order valence-electron chi connectivity index (χ2n) is 4.70. The molecule has 0 aliphatic rings. The summed E-state index contributed by atoms with van der Waals surface area (Å²) >= 11 is 0. The van der Waals surface area contributed by atoms with Gasteiger partial charge in [-0.15, -0.1) is 0 Å². The predicted octanol–water partition coefficient (Wildman–Crippen LogP) is 1.58. The van der Waals surface area contributed by atoms with Crippen LogP contribution >= 0.6 is 0 Å². The minimum atomic E-state index is -0.531. The summed E-state index contributed by atoms with van der Waals surface area (Å²) in [6, 6.07) is 8.32. The summed E-state index contributed by atoms with van der Waals surface area (Å²) < 4.78 is 0. The highest BCUT2D eigenvalue weighted by molar-refractivity contribution is 5.97. The fourth-order valence-electron chi connectivity index (χ4n) is 1.39. The smallest absolute Gasteiger partial charge is 0.251 e. The van der Waals surface area contributed by atoms with Gasteiger partial charge in [0.15, 0.2) is 0 Å². The summed E-state index contributed by atoms with van der Waals surface area (Å²) in [6.45, 7) is 6.34. The van der Waals surface area contributed by atoms with Gasteiger partial charge in [-0.3, -0.25) is 9.59 Å². The zero-order valence-corrected chi connectivity index (χ0v) is 11.1. The van der Waals surface area contributed by atoms with E-state index in [0.717, 1.165) is 0 Å². The Morgan fingerprint density at radius 2 is 1.72 bits per heavy atom. The van der Waals surface area contributed by atoms with E-state index in [1.54, 1.807) is 31.2 Å². The van der Waals surface area contributed by atoms with Gasteiger partial charge in [-0.1, -0.05) is 32.0 Å². The molecule has 4 nitrogen and oxygen atoms in total. The lowest BCUT2D eigenvalue weighted by atomic mass is 10.2. The van der Waals surface area contributed by atoms with Crippen molar-refractivity contribution in [1.29, 1.82) is 0 Å². The average molecular weight is 248 g/mol. The Morgan fingerprint density at radius 3 is 2.28 bits per heavy atom. The Bertz CT molecular complexity index is 402. The second-order valence-corrected chi connectivity index (χ2v) is 4.70. The van der Waals surface area contributed by atoms with E-state index >= 15 is 0 Å². The van der Waals surface area contributed by atoms with E-state index in [1.165, 1.54) is 0 Å². The van der Waals surface area contributed by atoms with Crippen molar-refractivity contribution in [3.8, 4) is 0 Å². The topological polar surface area (TPSA) is 58.2 Å². The molecule has 0 bridgehead atoms. The van der Waals surface area contributed by atoms with Crippen LogP contribution in [0, 0.1) is 5.92 Å². The van der Waals surface area contributed by atoms with Crippen molar-refractivity contribution in [2.75, 3.05) is 6.54 Å².